The lowest BCUT2D eigenvalue weighted by Gasteiger charge is -2.29. The van der Waals surface area contributed by atoms with Crippen molar-refractivity contribution in [1.29, 1.82) is 0 Å². The SMILES string of the molecule is COC1=CC(=[N+]2CCOCC2)CC(C)(C)C1.I. The Labute approximate surface area is 121 Å². The summed E-state index contributed by atoms with van der Waals surface area (Å²) in [6, 6.07) is 0. The smallest absolute Gasteiger partial charge is 0.180 e. The lowest BCUT2D eigenvalue weighted by Crippen LogP contribution is -2.36. The minimum Gasteiger partial charge on any atom is -0.501 e. The van der Waals surface area contributed by atoms with Gasteiger partial charge in [0.15, 0.2) is 18.8 Å². The van der Waals surface area contributed by atoms with Gasteiger partial charge >= 0.3 is 0 Å². The third kappa shape index (κ3) is 3.95. The van der Waals surface area contributed by atoms with Crippen LogP contribution in [-0.4, -0.2) is 43.7 Å². The van der Waals surface area contributed by atoms with Crippen molar-refractivity contribution in [1.82, 2.24) is 0 Å². The highest BCUT2D eigenvalue weighted by molar-refractivity contribution is 14.0. The van der Waals surface area contributed by atoms with E-state index in [2.05, 4.69) is 24.5 Å². The van der Waals surface area contributed by atoms with Crippen molar-refractivity contribution in [2.75, 3.05) is 33.4 Å². The highest BCUT2D eigenvalue weighted by Gasteiger charge is 2.32. The normalized spacial score (nSPS) is 23.8. The van der Waals surface area contributed by atoms with Crippen molar-refractivity contribution in [2.24, 2.45) is 5.41 Å². The first-order valence-electron chi connectivity index (χ1n) is 6.04. The number of hydrogen-bond acceptors (Lipinski definition) is 2. The quantitative estimate of drug-likeness (QED) is 0.534. The second-order valence-electron chi connectivity index (χ2n) is 5.42. The van der Waals surface area contributed by atoms with Gasteiger partial charge in [-0.1, -0.05) is 13.8 Å². The first kappa shape index (κ1) is 15.0. The Morgan fingerprint density at radius 1 is 1.24 bits per heavy atom. The number of ether oxygens (including phenoxy) is 2. The van der Waals surface area contributed by atoms with Crippen LogP contribution in [0.2, 0.25) is 0 Å². The number of hydrogen-bond donors (Lipinski definition) is 0. The second kappa shape index (κ2) is 6.18. The van der Waals surface area contributed by atoms with E-state index in [4.69, 9.17) is 9.47 Å². The van der Waals surface area contributed by atoms with Gasteiger partial charge in [-0.2, -0.15) is 0 Å². The van der Waals surface area contributed by atoms with Crippen molar-refractivity contribution < 1.29 is 14.0 Å². The van der Waals surface area contributed by atoms with Crippen molar-refractivity contribution in [3.05, 3.63) is 11.8 Å². The van der Waals surface area contributed by atoms with E-state index >= 15 is 0 Å². The van der Waals surface area contributed by atoms with Gasteiger partial charge in [0.2, 0.25) is 0 Å². The molecule has 1 heterocycles. The van der Waals surface area contributed by atoms with Crippen LogP contribution < -0.4 is 0 Å². The van der Waals surface area contributed by atoms with Crippen LogP contribution in [-0.2, 0) is 9.47 Å². The van der Waals surface area contributed by atoms with Gasteiger partial charge < -0.3 is 9.47 Å². The summed E-state index contributed by atoms with van der Waals surface area (Å²) in [5.74, 6) is 1.11. The van der Waals surface area contributed by atoms with Crippen molar-refractivity contribution >= 4 is 29.7 Å². The Morgan fingerprint density at radius 2 is 1.88 bits per heavy atom. The summed E-state index contributed by atoms with van der Waals surface area (Å²) >= 11 is 0. The van der Waals surface area contributed by atoms with Crippen LogP contribution in [0.4, 0.5) is 0 Å². The minimum absolute atomic E-state index is 0. The van der Waals surface area contributed by atoms with E-state index in [1.54, 1.807) is 7.11 Å². The summed E-state index contributed by atoms with van der Waals surface area (Å²) < 4.78 is 13.3. The van der Waals surface area contributed by atoms with E-state index in [0.717, 1.165) is 44.9 Å². The number of nitrogens with zero attached hydrogens (tertiary/aromatic N) is 1. The molecule has 98 valence electrons. The number of halogens is 1. The molecule has 0 radical (unpaired) electrons. The van der Waals surface area contributed by atoms with Crippen LogP contribution in [0.3, 0.4) is 0 Å². The van der Waals surface area contributed by atoms with Crippen molar-refractivity contribution in [2.45, 2.75) is 26.7 Å². The fourth-order valence-corrected chi connectivity index (χ4v) is 2.50. The molecule has 0 aromatic heterocycles. The van der Waals surface area contributed by atoms with Crippen molar-refractivity contribution in [3.63, 3.8) is 0 Å². The maximum atomic E-state index is 5.43. The van der Waals surface area contributed by atoms with Gasteiger partial charge in [-0.3, -0.25) is 0 Å². The molecule has 0 unspecified atom stereocenters. The molecule has 0 N–H and O–H groups in total. The topological polar surface area (TPSA) is 21.5 Å². The summed E-state index contributed by atoms with van der Waals surface area (Å²) in [6.07, 6.45) is 4.40. The average molecular weight is 352 g/mol. The molecule has 0 saturated carbocycles. The van der Waals surface area contributed by atoms with Crippen LogP contribution in [0.5, 0.6) is 0 Å². The molecule has 0 bridgehead atoms. The lowest BCUT2D eigenvalue weighted by atomic mass is 9.79. The molecule has 0 amide bonds. The molecule has 0 aromatic rings. The molecular weight excluding hydrogens is 329 g/mol. The van der Waals surface area contributed by atoms with Crippen LogP contribution in [0.1, 0.15) is 26.7 Å². The summed E-state index contributed by atoms with van der Waals surface area (Å²) in [4.78, 5) is 0. The molecule has 0 aromatic carbocycles. The van der Waals surface area contributed by atoms with Gasteiger partial charge in [-0.15, -0.1) is 24.0 Å². The fraction of sp³-hybridized carbons (Fsp3) is 0.769. The molecule has 0 spiro atoms. The molecular formula is C13H23INO2+. The van der Waals surface area contributed by atoms with Gasteiger partial charge in [0.1, 0.15) is 19.0 Å². The van der Waals surface area contributed by atoms with Gasteiger partial charge in [-0.05, 0) is 5.41 Å². The van der Waals surface area contributed by atoms with E-state index in [-0.39, 0.29) is 24.0 Å². The molecule has 3 nitrogen and oxygen atoms in total. The number of methoxy groups -OCH3 is 1. The molecule has 0 atom stereocenters. The second-order valence-corrected chi connectivity index (χ2v) is 5.42. The molecule has 1 fully saturated rings. The number of allylic oxidation sites excluding steroid dienone is 2. The van der Waals surface area contributed by atoms with E-state index in [1.165, 1.54) is 5.71 Å². The third-order valence-corrected chi connectivity index (χ3v) is 3.32. The minimum atomic E-state index is 0. The van der Waals surface area contributed by atoms with Gasteiger partial charge in [0.25, 0.3) is 0 Å². The Bertz CT molecular complexity index is 326. The predicted molar refractivity (Wildman–Crippen MR) is 79.3 cm³/mol. The number of rotatable bonds is 1. The first-order valence-corrected chi connectivity index (χ1v) is 6.04. The zero-order valence-electron chi connectivity index (χ0n) is 11.0. The van der Waals surface area contributed by atoms with Gasteiger partial charge in [-0.25, -0.2) is 4.58 Å². The molecule has 2 aliphatic rings. The Hall–Kier alpha value is -0.100. The Balaban J connectivity index is 0.00000144. The van der Waals surface area contributed by atoms with Crippen LogP contribution in [0.25, 0.3) is 0 Å². The maximum absolute atomic E-state index is 5.43. The zero-order valence-corrected chi connectivity index (χ0v) is 13.3. The number of morpholine rings is 1. The van der Waals surface area contributed by atoms with E-state index in [1.807, 2.05) is 0 Å². The van der Waals surface area contributed by atoms with Gasteiger partial charge in [0.05, 0.1) is 7.11 Å². The van der Waals surface area contributed by atoms with E-state index in [0.29, 0.717) is 5.41 Å². The lowest BCUT2D eigenvalue weighted by molar-refractivity contribution is -0.550. The predicted octanol–water partition coefficient (Wildman–Crippen LogP) is 2.44. The zero-order chi connectivity index (χ0) is 11.6. The largest absolute Gasteiger partial charge is 0.501 e. The summed E-state index contributed by atoms with van der Waals surface area (Å²) in [7, 11) is 1.77. The summed E-state index contributed by atoms with van der Waals surface area (Å²) in [5.41, 5.74) is 1.73. The molecule has 17 heavy (non-hydrogen) atoms. The highest BCUT2D eigenvalue weighted by atomic mass is 127. The van der Waals surface area contributed by atoms with E-state index in [9.17, 15) is 0 Å². The standard InChI is InChI=1S/C13H22NO2.HI/c1-13(2)9-11(8-12(10-13)15-3)14-4-6-16-7-5-14;/h8H,4-7,9-10H2,1-3H3;1H/q+1;. The maximum Gasteiger partial charge on any atom is 0.180 e. The molecule has 1 aliphatic carbocycles. The summed E-state index contributed by atoms with van der Waals surface area (Å²) in [6.45, 7) is 8.33. The monoisotopic (exact) mass is 352 g/mol. The van der Waals surface area contributed by atoms with Crippen LogP contribution in [0.15, 0.2) is 11.8 Å². The highest BCUT2D eigenvalue weighted by Crippen LogP contribution is 2.34. The Kier molecular flexibility index (Phi) is 5.44. The molecule has 1 saturated heterocycles. The fourth-order valence-electron chi connectivity index (χ4n) is 2.50. The average Bonchev–Trinajstić information content (AvgIpc) is 2.28. The molecule has 4 heteroatoms. The first-order chi connectivity index (χ1) is 7.61. The Morgan fingerprint density at radius 3 is 2.47 bits per heavy atom. The third-order valence-electron chi connectivity index (χ3n) is 3.32. The van der Waals surface area contributed by atoms with E-state index < -0.39 is 0 Å². The molecule has 1 aliphatic heterocycles. The van der Waals surface area contributed by atoms with Crippen molar-refractivity contribution in [3.8, 4) is 0 Å². The van der Waals surface area contributed by atoms with Crippen LogP contribution in [0, 0.1) is 5.41 Å². The van der Waals surface area contributed by atoms with Gasteiger partial charge in [0, 0.05) is 18.9 Å². The summed E-state index contributed by atoms with van der Waals surface area (Å²) in [5, 5.41) is 0. The van der Waals surface area contributed by atoms with Crippen LogP contribution >= 0.6 is 24.0 Å². The molecule has 2 rings (SSSR count).